The molecule has 0 bridgehead atoms. The summed E-state index contributed by atoms with van der Waals surface area (Å²) in [6.07, 6.45) is 0.793. The van der Waals surface area contributed by atoms with Crippen molar-refractivity contribution in [3.05, 3.63) is 24.0 Å². The van der Waals surface area contributed by atoms with Crippen molar-refractivity contribution < 1.29 is 18.7 Å². The lowest BCUT2D eigenvalue weighted by Gasteiger charge is -2.14. The fourth-order valence-electron chi connectivity index (χ4n) is 2.07. The quantitative estimate of drug-likeness (QED) is 0.786. The largest absolute Gasteiger partial charge is 0.489 e. The number of hydrogen-bond donors (Lipinski definition) is 2. The third-order valence-corrected chi connectivity index (χ3v) is 3.18. The van der Waals surface area contributed by atoms with Gasteiger partial charge in [-0.1, -0.05) is 0 Å². The molecule has 2 N–H and O–H groups in total. The molecule has 5 nitrogen and oxygen atoms in total. The van der Waals surface area contributed by atoms with E-state index < -0.39 is 5.82 Å². The first-order valence-electron chi connectivity index (χ1n) is 6.63. The summed E-state index contributed by atoms with van der Waals surface area (Å²) in [5.74, 6) is -0.158. The number of methoxy groups -OCH3 is 1. The Morgan fingerprint density at radius 2 is 2.29 bits per heavy atom. The molecule has 7 heteroatoms. The molecule has 0 aliphatic carbocycles. The molecule has 1 fully saturated rings. The van der Waals surface area contributed by atoms with E-state index in [0.29, 0.717) is 31.2 Å². The fraction of sp³-hybridized carbons (Fsp3) is 0.500. The molecule has 1 aromatic carbocycles. The predicted molar refractivity (Wildman–Crippen MR) is 80.6 cm³/mol. The van der Waals surface area contributed by atoms with E-state index in [0.717, 1.165) is 13.0 Å². The number of ether oxygens (including phenoxy) is 2. The molecule has 1 atom stereocenters. The first kappa shape index (κ1) is 17.7. The van der Waals surface area contributed by atoms with Crippen LogP contribution < -0.4 is 15.4 Å². The van der Waals surface area contributed by atoms with Gasteiger partial charge in [0.15, 0.2) is 0 Å². The molecular weight excluding hydrogens is 299 g/mol. The number of anilines is 1. The third-order valence-electron chi connectivity index (χ3n) is 3.18. The minimum atomic E-state index is -0.413. The second-order valence-corrected chi connectivity index (χ2v) is 4.66. The van der Waals surface area contributed by atoms with Gasteiger partial charge >= 0.3 is 0 Å². The zero-order valence-corrected chi connectivity index (χ0v) is 12.7. The topological polar surface area (TPSA) is 59.6 Å². The number of halogens is 2. The van der Waals surface area contributed by atoms with E-state index in [-0.39, 0.29) is 24.2 Å². The molecule has 118 valence electrons. The van der Waals surface area contributed by atoms with Crippen LogP contribution in [0, 0.1) is 11.7 Å². The van der Waals surface area contributed by atoms with Crippen LogP contribution in [0.5, 0.6) is 5.75 Å². The molecule has 1 aliphatic heterocycles. The summed E-state index contributed by atoms with van der Waals surface area (Å²) in [4.78, 5) is 12.1. The van der Waals surface area contributed by atoms with Crippen LogP contribution in [0.25, 0.3) is 0 Å². The Balaban J connectivity index is 0.00000220. The number of carbonyl (C=O) groups excluding carboxylic acids is 1. The van der Waals surface area contributed by atoms with E-state index in [2.05, 4.69) is 10.6 Å². The van der Waals surface area contributed by atoms with Crippen LogP contribution in [0.15, 0.2) is 18.2 Å². The summed E-state index contributed by atoms with van der Waals surface area (Å²) < 4.78 is 23.7. The van der Waals surface area contributed by atoms with Gasteiger partial charge in [-0.25, -0.2) is 4.39 Å². The highest BCUT2D eigenvalue weighted by atomic mass is 35.5. The van der Waals surface area contributed by atoms with Gasteiger partial charge in [-0.05, 0) is 25.1 Å². The molecule has 1 amide bonds. The van der Waals surface area contributed by atoms with Gasteiger partial charge in [-0.2, -0.15) is 0 Å². The minimum Gasteiger partial charge on any atom is -0.489 e. The molecule has 0 spiro atoms. The number of rotatable bonds is 6. The second-order valence-electron chi connectivity index (χ2n) is 4.66. The summed E-state index contributed by atoms with van der Waals surface area (Å²) in [7, 11) is 1.57. The molecule has 1 aliphatic rings. The lowest BCUT2D eigenvalue weighted by Crippen LogP contribution is -2.25. The van der Waals surface area contributed by atoms with Crippen molar-refractivity contribution in [2.45, 2.75) is 6.42 Å². The number of nitrogens with one attached hydrogen (secondary N) is 2. The molecule has 21 heavy (non-hydrogen) atoms. The van der Waals surface area contributed by atoms with Crippen LogP contribution >= 0.6 is 12.4 Å². The molecule has 0 aromatic heterocycles. The van der Waals surface area contributed by atoms with Gasteiger partial charge in [0.25, 0.3) is 0 Å². The van der Waals surface area contributed by atoms with Gasteiger partial charge < -0.3 is 20.1 Å². The highest BCUT2D eigenvalue weighted by Crippen LogP contribution is 2.26. The first-order chi connectivity index (χ1) is 9.70. The SMILES string of the molecule is COCCOc1ccc(F)cc1NC(=O)C1CCNC1.Cl. The lowest BCUT2D eigenvalue weighted by atomic mass is 10.1. The van der Waals surface area contributed by atoms with E-state index in [1.165, 1.54) is 18.2 Å². The molecule has 2 rings (SSSR count). The van der Waals surface area contributed by atoms with Gasteiger partial charge in [-0.3, -0.25) is 4.79 Å². The summed E-state index contributed by atoms with van der Waals surface area (Å²) in [5, 5.41) is 5.86. The summed E-state index contributed by atoms with van der Waals surface area (Å²) >= 11 is 0. The van der Waals surface area contributed by atoms with Crippen molar-refractivity contribution in [2.24, 2.45) is 5.92 Å². The van der Waals surface area contributed by atoms with Gasteiger partial charge in [0, 0.05) is 19.7 Å². The summed E-state index contributed by atoms with van der Waals surface area (Å²) in [6, 6.07) is 4.07. The summed E-state index contributed by atoms with van der Waals surface area (Å²) in [5.41, 5.74) is 0.359. The van der Waals surface area contributed by atoms with E-state index in [1.54, 1.807) is 7.11 Å². The predicted octanol–water partition coefficient (Wildman–Crippen LogP) is 1.82. The highest BCUT2D eigenvalue weighted by Gasteiger charge is 2.23. The highest BCUT2D eigenvalue weighted by molar-refractivity contribution is 5.94. The lowest BCUT2D eigenvalue weighted by molar-refractivity contribution is -0.119. The maximum absolute atomic E-state index is 13.3. The number of carbonyl (C=O) groups is 1. The Morgan fingerprint density at radius 1 is 1.48 bits per heavy atom. The number of benzene rings is 1. The Bertz CT molecular complexity index is 468. The average Bonchev–Trinajstić information content (AvgIpc) is 2.95. The van der Waals surface area contributed by atoms with Crippen LogP contribution in [-0.4, -0.2) is 39.3 Å². The summed E-state index contributed by atoms with van der Waals surface area (Å²) in [6.45, 7) is 2.26. The second kappa shape index (κ2) is 8.81. The Kier molecular flexibility index (Phi) is 7.42. The Morgan fingerprint density at radius 3 is 2.95 bits per heavy atom. The van der Waals surface area contributed by atoms with Crippen molar-refractivity contribution in [2.75, 3.05) is 38.7 Å². The Hall–Kier alpha value is -1.37. The van der Waals surface area contributed by atoms with E-state index >= 15 is 0 Å². The van der Waals surface area contributed by atoms with Gasteiger partial charge in [0.05, 0.1) is 18.2 Å². The minimum absolute atomic E-state index is 0. The van der Waals surface area contributed by atoms with Crippen molar-refractivity contribution >= 4 is 24.0 Å². The number of amides is 1. The Labute approximate surface area is 129 Å². The average molecular weight is 319 g/mol. The zero-order chi connectivity index (χ0) is 14.4. The van der Waals surface area contributed by atoms with Crippen molar-refractivity contribution in [1.82, 2.24) is 5.32 Å². The van der Waals surface area contributed by atoms with Crippen LogP contribution in [-0.2, 0) is 9.53 Å². The zero-order valence-electron chi connectivity index (χ0n) is 11.9. The van der Waals surface area contributed by atoms with Crippen LogP contribution in [0.1, 0.15) is 6.42 Å². The van der Waals surface area contributed by atoms with Gasteiger partial charge in [0.1, 0.15) is 18.2 Å². The monoisotopic (exact) mass is 318 g/mol. The van der Waals surface area contributed by atoms with Gasteiger partial charge in [-0.15, -0.1) is 12.4 Å². The molecule has 1 saturated heterocycles. The molecule has 1 aromatic rings. The molecule has 0 saturated carbocycles. The fourth-order valence-corrected chi connectivity index (χ4v) is 2.07. The van der Waals surface area contributed by atoms with Gasteiger partial charge in [0.2, 0.25) is 5.91 Å². The smallest absolute Gasteiger partial charge is 0.228 e. The maximum atomic E-state index is 13.3. The maximum Gasteiger partial charge on any atom is 0.228 e. The molecule has 1 heterocycles. The van der Waals surface area contributed by atoms with E-state index in [4.69, 9.17) is 9.47 Å². The third kappa shape index (κ3) is 5.15. The van der Waals surface area contributed by atoms with Crippen molar-refractivity contribution in [3.8, 4) is 5.75 Å². The van der Waals surface area contributed by atoms with Crippen molar-refractivity contribution in [1.29, 1.82) is 0 Å². The van der Waals surface area contributed by atoms with E-state index in [1.807, 2.05) is 0 Å². The molecular formula is C14H20ClFN2O3. The van der Waals surface area contributed by atoms with Crippen LogP contribution in [0.3, 0.4) is 0 Å². The van der Waals surface area contributed by atoms with E-state index in [9.17, 15) is 9.18 Å². The molecule has 0 radical (unpaired) electrons. The van der Waals surface area contributed by atoms with Crippen LogP contribution in [0.4, 0.5) is 10.1 Å². The van der Waals surface area contributed by atoms with Crippen LogP contribution in [0.2, 0.25) is 0 Å². The number of hydrogen-bond acceptors (Lipinski definition) is 4. The first-order valence-corrected chi connectivity index (χ1v) is 6.63. The molecule has 1 unspecified atom stereocenters. The normalized spacial score (nSPS) is 17.1. The standard InChI is InChI=1S/C14H19FN2O3.ClH/c1-19-6-7-20-13-3-2-11(15)8-12(13)17-14(18)10-4-5-16-9-10;/h2-3,8,10,16H,4-7,9H2,1H3,(H,17,18);1H. The van der Waals surface area contributed by atoms with Crippen molar-refractivity contribution in [3.63, 3.8) is 0 Å².